The zero-order valence-electron chi connectivity index (χ0n) is 9.40. The van der Waals surface area contributed by atoms with E-state index in [4.69, 9.17) is 4.52 Å². The Labute approximate surface area is 140 Å². The van der Waals surface area contributed by atoms with Gasteiger partial charge in [-0.25, -0.2) is 0 Å². The summed E-state index contributed by atoms with van der Waals surface area (Å²) >= 11 is 0. The van der Waals surface area contributed by atoms with Gasteiger partial charge in [0.2, 0.25) is 0 Å². The van der Waals surface area contributed by atoms with Crippen LogP contribution < -0.4 is 67.1 Å². The normalized spacial score (nSPS) is 9.65. The molecule has 0 unspecified atom stereocenters. The van der Waals surface area contributed by atoms with Crippen molar-refractivity contribution in [3.05, 3.63) is 40.5 Å². The summed E-state index contributed by atoms with van der Waals surface area (Å²) in [6.07, 6.45) is 0. The summed E-state index contributed by atoms with van der Waals surface area (Å²) in [5.41, 5.74) is 1.82. The van der Waals surface area contributed by atoms with Crippen LogP contribution in [0.5, 0.6) is 0 Å². The summed E-state index contributed by atoms with van der Waals surface area (Å²) in [6, 6.07) is 6.14. The number of hydrogen-bond donors (Lipinski definition) is 0. The van der Waals surface area contributed by atoms with Crippen LogP contribution in [0.3, 0.4) is 0 Å². The number of rotatable bonds is 2. The van der Waals surface area contributed by atoms with Crippen LogP contribution in [-0.2, 0) is 0 Å². The van der Waals surface area contributed by atoms with Crippen molar-refractivity contribution in [2.75, 3.05) is 0 Å². The van der Waals surface area contributed by atoms with Gasteiger partial charge in [-0.05, 0) is 5.56 Å². The third kappa shape index (κ3) is 2.94. The SMILES string of the molecule is C=c1onc(-c2ccc(C(=O)[O-])cc2)c1=C.[K+]. The zero-order chi connectivity index (χ0) is 11.7. The number of benzene rings is 1. The number of aromatic nitrogens is 1. The molecule has 1 aromatic carbocycles. The van der Waals surface area contributed by atoms with Gasteiger partial charge in [0.25, 0.3) is 0 Å². The van der Waals surface area contributed by atoms with Gasteiger partial charge < -0.3 is 14.4 Å². The molecule has 0 aliphatic heterocycles. The minimum Gasteiger partial charge on any atom is -0.545 e. The average molecular weight is 253 g/mol. The molecule has 4 nitrogen and oxygen atoms in total. The van der Waals surface area contributed by atoms with E-state index in [9.17, 15) is 9.90 Å². The summed E-state index contributed by atoms with van der Waals surface area (Å²) in [7, 11) is 0. The van der Waals surface area contributed by atoms with Crippen molar-refractivity contribution >= 4 is 19.1 Å². The van der Waals surface area contributed by atoms with Crippen molar-refractivity contribution in [1.29, 1.82) is 0 Å². The quantitative estimate of drug-likeness (QED) is 0.522. The largest absolute Gasteiger partial charge is 1.00 e. The number of aromatic carboxylic acids is 1. The second kappa shape index (κ2) is 5.75. The molecule has 1 aromatic heterocycles. The topological polar surface area (TPSA) is 66.2 Å². The van der Waals surface area contributed by atoms with Crippen molar-refractivity contribution in [3.8, 4) is 11.3 Å². The van der Waals surface area contributed by atoms with Crippen LogP contribution in [0.2, 0.25) is 0 Å². The summed E-state index contributed by atoms with van der Waals surface area (Å²) in [5, 5.41) is 14.9. The van der Waals surface area contributed by atoms with Gasteiger partial charge in [-0.1, -0.05) is 42.6 Å². The standard InChI is InChI=1S/C12H9NO3.K/c1-7-8(2)16-13-11(7)9-3-5-10(6-4-9)12(14)15;/h3-6H,1-2H2,(H,14,15);/q;+1/p-1. The molecule has 0 N–H and O–H groups in total. The van der Waals surface area contributed by atoms with Crippen LogP contribution in [0.1, 0.15) is 10.4 Å². The molecule has 5 heteroatoms. The first-order valence-electron chi connectivity index (χ1n) is 4.55. The third-order valence-corrected chi connectivity index (χ3v) is 2.26. The number of carbonyl (C=O) groups is 1. The molecule has 0 spiro atoms. The fourth-order valence-corrected chi connectivity index (χ4v) is 1.33. The van der Waals surface area contributed by atoms with Crippen LogP contribution in [-0.4, -0.2) is 11.1 Å². The maximum absolute atomic E-state index is 10.6. The Morgan fingerprint density at radius 2 is 1.82 bits per heavy atom. The first-order chi connectivity index (χ1) is 7.59. The molecule has 0 radical (unpaired) electrons. The third-order valence-electron chi connectivity index (χ3n) is 2.26. The van der Waals surface area contributed by atoms with E-state index >= 15 is 0 Å². The van der Waals surface area contributed by atoms with E-state index in [0.29, 0.717) is 16.3 Å². The van der Waals surface area contributed by atoms with Crippen molar-refractivity contribution in [2.45, 2.75) is 0 Å². The van der Waals surface area contributed by atoms with Crippen LogP contribution in [0.15, 0.2) is 28.8 Å². The van der Waals surface area contributed by atoms with Crippen molar-refractivity contribution in [1.82, 2.24) is 5.16 Å². The van der Waals surface area contributed by atoms with E-state index in [1.165, 1.54) is 12.1 Å². The molecule has 0 saturated heterocycles. The summed E-state index contributed by atoms with van der Waals surface area (Å²) in [5.74, 6) is -1.21. The fourth-order valence-electron chi connectivity index (χ4n) is 1.33. The molecular weight excluding hydrogens is 245 g/mol. The maximum atomic E-state index is 10.6. The van der Waals surface area contributed by atoms with Gasteiger partial charge in [0, 0.05) is 10.8 Å². The minimum absolute atomic E-state index is 0. The zero-order valence-corrected chi connectivity index (χ0v) is 12.5. The molecule has 0 aliphatic rings. The van der Waals surface area contributed by atoms with Gasteiger partial charge in [-0.3, -0.25) is 0 Å². The molecule has 0 atom stereocenters. The summed E-state index contributed by atoms with van der Waals surface area (Å²) < 4.78 is 4.88. The molecule has 0 aliphatic carbocycles. The maximum Gasteiger partial charge on any atom is 1.00 e. The van der Waals surface area contributed by atoms with Gasteiger partial charge in [0.05, 0.1) is 5.97 Å². The number of carbonyl (C=O) groups excluding carboxylic acids is 1. The number of nitrogens with zero attached hydrogens (tertiary/aromatic N) is 1. The predicted molar refractivity (Wildman–Crippen MR) is 56.6 cm³/mol. The fraction of sp³-hybridized carbons (Fsp3) is 0. The molecular formula is C12H8KNO3. The second-order valence-electron chi connectivity index (χ2n) is 3.30. The number of carboxylic acids is 1. The summed E-state index contributed by atoms with van der Waals surface area (Å²) in [6.45, 7) is 7.38. The van der Waals surface area contributed by atoms with E-state index < -0.39 is 5.97 Å². The molecule has 0 saturated carbocycles. The first kappa shape index (κ1) is 14.3. The molecule has 2 rings (SSSR count). The molecule has 0 fully saturated rings. The van der Waals surface area contributed by atoms with Crippen molar-refractivity contribution in [3.63, 3.8) is 0 Å². The molecule has 0 bridgehead atoms. The van der Waals surface area contributed by atoms with Crippen LogP contribution in [0, 0.1) is 0 Å². The number of carboxylic acid groups (broad SMARTS) is 1. The number of hydrogen-bond acceptors (Lipinski definition) is 4. The first-order valence-corrected chi connectivity index (χ1v) is 4.55. The van der Waals surface area contributed by atoms with Gasteiger partial charge >= 0.3 is 51.4 Å². The van der Waals surface area contributed by atoms with Crippen LogP contribution >= 0.6 is 0 Å². The molecule has 17 heavy (non-hydrogen) atoms. The Hall–Kier alpha value is -0.724. The van der Waals surface area contributed by atoms with E-state index in [0.717, 1.165) is 5.56 Å². The van der Waals surface area contributed by atoms with E-state index in [1.54, 1.807) is 12.1 Å². The van der Waals surface area contributed by atoms with Crippen LogP contribution in [0.4, 0.5) is 0 Å². The van der Waals surface area contributed by atoms with Crippen molar-refractivity contribution in [2.24, 2.45) is 0 Å². The monoisotopic (exact) mass is 253 g/mol. The Morgan fingerprint density at radius 1 is 1.24 bits per heavy atom. The van der Waals surface area contributed by atoms with Gasteiger partial charge in [-0.2, -0.15) is 0 Å². The smallest absolute Gasteiger partial charge is 0.545 e. The summed E-state index contributed by atoms with van der Waals surface area (Å²) in [4.78, 5) is 10.6. The van der Waals surface area contributed by atoms with E-state index in [2.05, 4.69) is 18.3 Å². The Bertz CT molecular complexity index is 631. The average Bonchev–Trinajstić information content (AvgIpc) is 2.60. The van der Waals surface area contributed by atoms with Gasteiger partial charge in [0.1, 0.15) is 5.69 Å². The van der Waals surface area contributed by atoms with Gasteiger partial charge in [0.15, 0.2) is 5.42 Å². The molecule has 0 amide bonds. The van der Waals surface area contributed by atoms with Crippen molar-refractivity contribution < 1.29 is 65.8 Å². The minimum atomic E-state index is -1.21. The predicted octanol–water partition coefficient (Wildman–Crippen LogP) is -3.47. The van der Waals surface area contributed by atoms with E-state index in [1.807, 2.05) is 0 Å². The van der Waals surface area contributed by atoms with E-state index in [-0.39, 0.29) is 56.9 Å². The molecule has 2 aromatic rings. The van der Waals surface area contributed by atoms with Crippen LogP contribution in [0.25, 0.3) is 24.4 Å². The Kier molecular flexibility index (Phi) is 4.85. The second-order valence-corrected chi connectivity index (χ2v) is 3.30. The Morgan fingerprint density at radius 3 is 2.24 bits per heavy atom. The Balaban J connectivity index is 0.00000144. The molecule has 1 heterocycles. The molecule has 80 valence electrons. The van der Waals surface area contributed by atoms with Gasteiger partial charge in [-0.15, -0.1) is 0 Å².